The zero-order valence-corrected chi connectivity index (χ0v) is 20.6. The van der Waals surface area contributed by atoms with E-state index in [0.29, 0.717) is 5.75 Å². The van der Waals surface area contributed by atoms with Crippen LogP contribution in [0.5, 0.6) is 5.75 Å². The zero-order valence-electron chi connectivity index (χ0n) is 20.6. The third-order valence-corrected chi connectivity index (χ3v) is 5.77. The molecule has 0 spiro atoms. The number of benzene rings is 2. The number of amides is 1. The zero-order chi connectivity index (χ0) is 24.4. The summed E-state index contributed by atoms with van der Waals surface area (Å²) in [6.45, 7) is 11.3. The van der Waals surface area contributed by atoms with Crippen molar-refractivity contribution in [2.75, 3.05) is 18.0 Å². The molecule has 0 fully saturated rings. The van der Waals surface area contributed by atoms with E-state index in [2.05, 4.69) is 43.1 Å². The first-order valence-corrected chi connectivity index (χ1v) is 11.9. The SMILES string of the molecule is CCCCC(NC(=O)Cc1ccc(OC(C)(C)C(=O)O)cc1)c1ccccc1N(CC)CC. The molecule has 2 N–H and O–H groups in total. The number of hydrogen-bond donors (Lipinski definition) is 2. The first-order valence-electron chi connectivity index (χ1n) is 11.9. The van der Waals surface area contributed by atoms with Crippen LogP contribution in [0.2, 0.25) is 0 Å². The molecule has 6 nitrogen and oxygen atoms in total. The van der Waals surface area contributed by atoms with Crippen LogP contribution in [0.25, 0.3) is 0 Å². The van der Waals surface area contributed by atoms with Gasteiger partial charge in [0.05, 0.1) is 12.5 Å². The van der Waals surface area contributed by atoms with Crippen LogP contribution in [0.4, 0.5) is 5.69 Å². The second-order valence-corrected chi connectivity index (χ2v) is 8.73. The summed E-state index contributed by atoms with van der Waals surface area (Å²) < 4.78 is 5.54. The Labute approximate surface area is 198 Å². The third kappa shape index (κ3) is 7.52. The van der Waals surface area contributed by atoms with E-state index in [1.807, 2.05) is 12.1 Å². The largest absolute Gasteiger partial charge is 0.478 e. The lowest BCUT2D eigenvalue weighted by Gasteiger charge is -2.28. The van der Waals surface area contributed by atoms with Crippen molar-refractivity contribution in [3.05, 3.63) is 59.7 Å². The first-order chi connectivity index (χ1) is 15.7. The molecular formula is C27H38N2O4. The van der Waals surface area contributed by atoms with E-state index in [0.717, 1.165) is 43.5 Å². The lowest BCUT2D eigenvalue weighted by Crippen LogP contribution is -2.37. The Morgan fingerprint density at radius 3 is 2.24 bits per heavy atom. The number of para-hydroxylation sites is 1. The number of unbranched alkanes of at least 4 members (excludes halogenated alkanes) is 1. The third-order valence-electron chi connectivity index (χ3n) is 5.77. The second-order valence-electron chi connectivity index (χ2n) is 8.73. The van der Waals surface area contributed by atoms with Crippen LogP contribution >= 0.6 is 0 Å². The number of carbonyl (C=O) groups excluding carboxylic acids is 1. The smallest absolute Gasteiger partial charge is 0.347 e. The fourth-order valence-corrected chi connectivity index (χ4v) is 3.79. The van der Waals surface area contributed by atoms with E-state index in [4.69, 9.17) is 4.74 Å². The predicted octanol–water partition coefficient (Wildman–Crippen LogP) is 5.37. The number of carboxylic acids is 1. The van der Waals surface area contributed by atoms with Crippen LogP contribution in [0, 0.1) is 0 Å². The number of anilines is 1. The van der Waals surface area contributed by atoms with Crippen LogP contribution in [-0.2, 0) is 16.0 Å². The average Bonchev–Trinajstić information content (AvgIpc) is 2.79. The summed E-state index contributed by atoms with van der Waals surface area (Å²) in [5.74, 6) is -0.611. The van der Waals surface area contributed by atoms with Crippen LogP contribution in [0.15, 0.2) is 48.5 Å². The maximum atomic E-state index is 12.9. The molecule has 0 aromatic heterocycles. The van der Waals surface area contributed by atoms with Crippen molar-refractivity contribution in [1.29, 1.82) is 0 Å². The number of nitrogens with zero attached hydrogens (tertiary/aromatic N) is 1. The summed E-state index contributed by atoms with van der Waals surface area (Å²) in [7, 11) is 0. The monoisotopic (exact) mass is 454 g/mol. The Bertz CT molecular complexity index is 905. The molecule has 1 amide bonds. The molecule has 33 heavy (non-hydrogen) atoms. The standard InChI is InChI=1S/C27H38N2O4/c1-6-9-13-23(22-12-10-11-14-24(22)29(7-2)8-3)28-25(30)19-20-15-17-21(18-16-20)33-27(4,5)26(31)32/h10-12,14-18,23H,6-9,13,19H2,1-5H3,(H,28,30)(H,31,32). The molecule has 0 saturated heterocycles. The molecule has 6 heteroatoms. The van der Waals surface area contributed by atoms with Crippen LogP contribution in [-0.4, -0.2) is 35.7 Å². The van der Waals surface area contributed by atoms with E-state index in [9.17, 15) is 14.7 Å². The number of carboxylic acid groups (broad SMARTS) is 1. The summed E-state index contributed by atoms with van der Waals surface area (Å²) in [6.07, 6.45) is 3.23. The maximum absolute atomic E-state index is 12.9. The van der Waals surface area contributed by atoms with E-state index in [-0.39, 0.29) is 18.4 Å². The summed E-state index contributed by atoms with van der Waals surface area (Å²) >= 11 is 0. The molecule has 0 aliphatic carbocycles. The fraction of sp³-hybridized carbons (Fsp3) is 0.481. The molecule has 0 radical (unpaired) electrons. The van der Waals surface area contributed by atoms with Crippen molar-refractivity contribution in [2.24, 2.45) is 0 Å². The molecule has 1 unspecified atom stereocenters. The van der Waals surface area contributed by atoms with Gasteiger partial charge in [-0.3, -0.25) is 4.79 Å². The highest BCUT2D eigenvalue weighted by atomic mass is 16.5. The summed E-state index contributed by atoms with van der Waals surface area (Å²) in [6, 6.07) is 15.3. The number of ether oxygens (including phenoxy) is 1. The molecule has 0 heterocycles. The van der Waals surface area contributed by atoms with Gasteiger partial charge in [-0.05, 0) is 63.4 Å². The van der Waals surface area contributed by atoms with Crippen LogP contribution in [0.3, 0.4) is 0 Å². The molecule has 2 aromatic carbocycles. The van der Waals surface area contributed by atoms with Gasteiger partial charge in [0.15, 0.2) is 5.60 Å². The Balaban J connectivity index is 2.13. The normalized spacial score (nSPS) is 12.2. The van der Waals surface area contributed by atoms with Gasteiger partial charge in [-0.25, -0.2) is 4.79 Å². The Kier molecular flexibility index (Phi) is 9.76. The van der Waals surface area contributed by atoms with E-state index >= 15 is 0 Å². The fourth-order valence-electron chi connectivity index (χ4n) is 3.79. The molecule has 0 bridgehead atoms. The molecule has 2 rings (SSSR count). The maximum Gasteiger partial charge on any atom is 0.347 e. The second kappa shape index (κ2) is 12.3. The summed E-state index contributed by atoms with van der Waals surface area (Å²) in [5, 5.41) is 12.5. The van der Waals surface area contributed by atoms with E-state index < -0.39 is 11.6 Å². The molecular weight excluding hydrogens is 416 g/mol. The van der Waals surface area contributed by atoms with Gasteiger partial charge in [-0.1, -0.05) is 50.1 Å². The summed E-state index contributed by atoms with van der Waals surface area (Å²) in [5.41, 5.74) is 1.86. The van der Waals surface area contributed by atoms with Crippen molar-refractivity contribution in [2.45, 2.75) is 71.9 Å². The van der Waals surface area contributed by atoms with Gasteiger partial charge in [0, 0.05) is 18.8 Å². The van der Waals surface area contributed by atoms with Gasteiger partial charge in [-0.15, -0.1) is 0 Å². The highest BCUT2D eigenvalue weighted by Crippen LogP contribution is 2.30. The van der Waals surface area contributed by atoms with Gasteiger partial charge < -0.3 is 20.1 Å². The van der Waals surface area contributed by atoms with Gasteiger partial charge >= 0.3 is 5.97 Å². The van der Waals surface area contributed by atoms with Gasteiger partial charge in [0.25, 0.3) is 0 Å². The quantitative estimate of drug-likeness (QED) is 0.426. The Hall–Kier alpha value is -3.02. The van der Waals surface area contributed by atoms with Crippen molar-refractivity contribution >= 4 is 17.6 Å². The highest BCUT2D eigenvalue weighted by Gasteiger charge is 2.29. The van der Waals surface area contributed by atoms with Crippen LogP contribution < -0.4 is 15.0 Å². The molecule has 0 aliphatic heterocycles. The Morgan fingerprint density at radius 1 is 1.03 bits per heavy atom. The minimum atomic E-state index is -1.32. The van der Waals surface area contributed by atoms with Crippen molar-refractivity contribution in [1.82, 2.24) is 5.32 Å². The highest BCUT2D eigenvalue weighted by molar-refractivity contribution is 5.79. The number of rotatable bonds is 13. The lowest BCUT2D eigenvalue weighted by atomic mass is 9.98. The lowest BCUT2D eigenvalue weighted by molar-refractivity contribution is -0.152. The minimum Gasteiger partial charge on any atom is -0.478 e. The number of hydrogen-bond acceptors (Lipinski definition) is 4. The minimum absolute atomic E-state index is 0.0370. The molecule has 180 valence electrons. The predicted molar refractivity (Wildman–Crippen MR) is 133 cm³/mol. The molecule has 0 saturated carbocycles. The van der Waals surface area contributed by atoms with Crippen molar-refractivity contribution < 1.29 is 19.4 Å². The van der Waals surface area contributed by atoms with Gasteiger partial charge in [0.1, 0.15) is 5.75 Å². The average molecular weight is 455 g/mol. The number of aliphatic carboxylic acids is 1. The number of nitrogens with one attached hydrogen (secondary N) is 1. The van der Waals surface area contributed by atoms with Crippen molar-refractivity contribution in [3.63, 3.8) is 0 Å². The first kappa shape index (κ1) is 26.2. The number of carbonyl (C=O) groups is 2. The van der Waals surface area contributed by atoms with Crippen LogP contribution in [0.1, 0.15) is 71.0 Å². The molecule has 0 aliphatic rings. The molecule has 1 atom stereocenters. The van der Waals surface area contributed by atoms with E-state index in [1.54, 1.807) is 24.3 Å². The van der Waals surface area contributed by atoms with E-state index in [1.165, 1.54) is 19.5 Å². The van der Waals surface area contributed by atoms with Gasteiger partial charge in [-0.2, -0.15) is 0 Å². The van der Waals surface area contributed by atoms with Crippen molar-refractivity contribution in [3.8, 4) is 5.75 Å². The molecule has 2 aromatic rings. The van der Waals surface area contributed by atoms with Gasteiger partial charge in [0.2, 0.25) is 5.91 Å². The topological polar surface area (TPSA) is 78.9 Å². The Morgan fingerprint density at radius 2 is 1.67 bits per heavy atom. The summed E-state index contributed by atoms with van der Waals surface area (Å²) in [4.78, 5) is 26.5.